The molecule has 0 amide bonds. The first-order chi connectivity index (χ1) is 10.7. The molecule has 2 aromatic rings. The summed E-state index contributed by atoms with van der Waals surface area (Å²) >= 11 is 3.67. The molecule has 0 fully saturated rings. The summed E-state index contributed by atoms with van der Waals surface area (Å²) < 4.78 is 12.6. The lowest BCUT2D eigenvalue weighted by Gasteiger charge is -2.23. The molecule has 2 aromatic carbocycles. The van der Waals surface area contributed by atoms with E-state index >= 15 is 0 Å². The maximum atomic E-state index is 5.91. The summed E-state index contributed by atoms with van der Waals surface area (Å²) in [6.07, 6.45) is 3.14. The molecule has 3 rings (SSSR count). The summed E-state index contributed by atoms with van der Waals surface area (Å²) in [7, 11) is 0. The molecule has 0 radical (unpaired) electrons. The molecule has 116 valence electrons. The Labute approximate surface area is 140 Å². The number of rotatable bonds is 4. The molecule has 0 saturated carbocycles. The van der Waals surface area contributed by atoms with E-state index in [-0.39, 0.29) is 0 Å². The first kappa shape index (κ1) is 15.4. The van der Waals surface area contributed by atoms with Crippen LogP contribution in [0.25, 0.3) is 0 Å². The Morgan fingerprint density at radius 2 is 2.00 bits per heavy atom. The van der Waals surface area contributed by atoms with Gasteiger partial charge in [0.05, 0.1) is 13.2 Å². The van der Waals surface area contributed by atoms with E-state index in [4.69, 9.17) is 9.47 Å². The molecule has 0 saturated heterocycles. The number of hydrogen-bond donors (Lipinski definition) is 0. The Morgan fingerprint density at radius 3 is 2.73 bits per heavy atom. The lowest BCUT2D eigenvalue weighted by Crippen LogP contribution is -2.12. The molecule has 0 spiro atoms. The molecule has 0 N–H and O–H groups in total. The van der Waals surface area contributed by atoms with E-state index in [1.54, 1.807) is 0 Å². The second-order valence-electron chi connectivity index (χ2n) is 5.66. The zero-order valence-corrected chi connectivity index (χ0v) is 14.7. The van der Waals surface area contributed by atoms with E-state index in [0.717, 1.165) is 41.8 Å². The molecule has 0 unspecified atom stereocenters. The molecule has 22 heavy (non-hydrogen) atoms. The molecule has 3 heteroatoms. The second-order valence-corrected chi connectivity index (χ2v) is 6.51. The summed E-state index contributed by atoms with van der Waals surface area (Å²) in [5.74, 6) is 2.02. The van der Waals surface area contributed by atoms with Crippen LogP contribution < -0.4 is 9.47 Å². The zero-order valence-electron chi connectivity index (χ0n) is 13.1. The van der Waals surface area contributed by atoms with Gasteiger partial charge in [-0.2, -0.15) is 0 Å². The standard InChI is InChI=1S/C19H21BrO2/c1-3-21-16-8-6-14(7-9-16)11-15-12-18(20)13(2)19-17(15)5-4-10-22-19/h6-9,12H,3-5,10-11H2,1-2H3. The maximum Gasteiger partial charge on any atom is 0.126 e. The zero-order chi connectivity index (χ0) is 15.5. The van der Waals surface area contributed by atoms with Crippen LogP contribution in [0.1, 0.15) is 35.6 Å². The summed E-state index contributed by atoms with van der Waals surface area (Å²) in [6, 6.07) is 10.6. The van der Waals surface area contributed by atoms with Crippen molar-refractivity contribution in [2.75, 3.05) is 13.2 Å². The number of fused-ring (bicyclic) bond motifs is 1. The lowest BCUT2D eigenvalue weighted by molar-refractivity contribution is 0.285. The van der Waals surface area contributed by atoms with Crippen molar-refractivity contribution in [3.05, 3.63) is 57.1 Å². The summed E-state index contributed by atoms with van der Waals surface area (Å²) in [4.78, 5) is 0. The van der Waals surface area contributed by atoms with Crippen LogP contribution in [0, 0.1) is 6.92 Å². The van der Waals surface area contributed by atoms with Gasteiger partial charge in [0.1, 0.15) is 11.5 Å². The number of benzene rings is 2. The summed E-state index contributed by atoms with van der Waals surface area (Å²) in [5, 5.41) is 0. The minimum absolute atomic E-state index is 0.703. The predicted molar refractivity (Wildman–Crippen MR) is 93.1 cm³/mol. The first-order valence-electron chi connectivity index (χ1n) is 7.84. The van der Waals surface area contributed by atoms with Crippen LogP contribution in [0.15, 0.2) is 34.8 Å². The van der Waals surface area contributed by atoms with Gasteiger partial charge in [-0.1, -0.05) is 28.1 Å². The highest BCUT2D eigenvalue weighted by atomic mass is 79.9. The van der Waals surface area contributed by atoms with E-state index in [9.17, 15) is 0 Å². The minimum atomic E-state index is 0.703. The molecular weight excluding hydrogens is 340 g/mol. The molecule has 0 atom stereocenters. The van der Waals surface area contributed by atoms with Crippen molar-refractivity contribution in [2.45, 2.75) is 33.1 Å². The van der Waals surface area contributed by atoms with Gasteiger partial charge in [-0.3, -0.25) is 0 Å². The highest BCUT2D eigenvalue weighted by Gasteiger charge is 2.19. The fourth-order valence-corrected chi connectivity index (χ4v) is 3.43. The van der Waals surface area contributed by atoms with Crippen LogP contribution in [-0.2, 0) is 12.8 Å². The van der Waals surface area contributed by atoms with Crippen LogP contribution in [0.2, 0.25) is 0 Å². The molecule has 0 bridgehead atoms. The summed E-state index contributed by atoms with van der Waals surface area (Å²) in [5.41, 5.74) is 5.24. The number of halogens is 1. The Hall–Kier alpha value is -1.48. The van der Waals surface area contributed by atoms with Crippen LogP contribution in [-0.4, -0.2) is 13.2 Å². The molecule has 1 heterocycles. The average molecular weight is 361 g/mol. The maximum absolute atomic E-state index is 5.91. The average Bonchev–Trinajstić information content (AvgIpc) is 2.54. The normalized spacial score (nSPS) is 13.4. The van der Waals surface area contributed by atoms with Crippen LogP contribution in [0.4, 0.5) is 0 Å². The number of hydrogen-bond acceptors (Lipinski definition) is 2. The topological polar surface area (TPSA) is 18.5 Å². The van der Waals surface area contributed by atoms with Crippen molar-refractivity contribution in [3.8, 4) is 11.5 Å². The van der Waals surface area contributed by atoms with Crippen LogP contribution >= 0.6 is 15.9 Å². The summed E-state index contributed by atoms with van der Waals surface area (Å²) in [6.45, 7) is 5.65. The highest BCUT2D eigenvalue weighted by Crippen LogP contribution is 2.37. The SMILES string of the molecule is CCOc1ccc(Cc2cc(Br)c(C)c3c2CCCO3)cc1. The van der Waals surface area contributed by atoms with Gasteiger partial charge in [0.25, 0.3) is 0 Å². The lowest BCUT2D eigenvalue weighted by atomic mass is 9.93. The van der Waals surface area contributed by atoms with Gasteiger partial charge in [-0.05, 0) is 68.0 Å². The third kappa shape index (κ3) is 3.14. The van der Waals surface area contributed by atoms with Gasteiger partial charge in [-0.15, -0.1) is 0 Å². The monoisotopic (exact) mass is 360 g/mol. The van der Waals surface area contributed by atoms with Gasteiger partial charge >= 0.3 is 0 Å². The smallest absolute Gasteiger partial charge is 0.126 e. The van der Waals surface area contributed by atoms with Crippen molar-refractivity contribution in [3.63, 3.8) is 0 Å². The van der Waals surface area contributed by atoms with Gasteiger partial charge in [0, 0.05) is 10.0 Å². The van der Waals surface area contributed by atoms with Crippen molar-refractivity contribution in [2.24, 2.45) is 0 Å². The van der Waals surface area contributed by atoms with E-state index in [1.165, 1.54) is 22.3 Å². The molecule has 0 aromatic heterocycles. The predicted octanol–water partition coefficient (Wildman–Crippen LogP) is 5.07. The Balaban J connectivity index is 1.90. The minimum Gasteiger partial charge on any atom is -0.494 e. The van der Waals surface area contributed by atoms with Crippen LogP contribution in [0.3, 0.4) is 0 Å². The highest BCUT2D eigenvalue weighted by molar-refractivity contribution is 9.10. The van der Waals surface area contributed by atoms with Gasteiger partial charge in [-0.25, -0.2) is 0 Å². The van der Waals surface area contributed by atoms with Crippen molar-refractivity contribution < 1.29 is 9.47 Å². The van der Waals surface area contributed by atoms with Gasteiger partial charge in [0.15, 0.2) is 0 Å². The third-order valence-corrected chi connectivity index (χ3v) is 4.93. The van der Waals surface area contributed by atoms with Crippen molar-refractivity contribution >= 4 is 15.9 Å². The van der Waals surface area contributed by atoms with Crippen molar-refractivity contribution in [1.82, 2.24) is 0 Å². The molecule has 0 aliphatic carbocycles. The fourth-order valence-electron chi connectivity index (χ4n) is 2.97. The van der Waals surface area contributed by atoms with E-state index in [0.29, 0.717) is 6.61 Å². The first-order valence-corrected chi connectivity index (χ1v) is 8.63. The van der Waals surface area contributed by atoms with Gasteiger partial charge < -0.3 is 9.47 Å². The van der Waals surface area contributed by atoms with E-state index in [1.807, 2.05) is 19.1 Å². The van der Waals surface area contributed by atoms with E-state index < -0.39 is 0 Å². The largest absolute Gasteiger partial charge is 0.494 e. The number of ether oxygens (including phenoxy) is 2. The molecular formula is C19H21BrO2. The Bertz CT molecular complexity index is 662. The Kier molecular flexibility index (Phi) is 4.72. The quantitative estimate of drug-likeness (QED) is 0.757. The second kappa shape index (κ2) is 6.74. The third-order valence-electron chi connectivity index (χ3n) is 4.11. The van der Waals surface area contributed by atoms with E-state index in [2.05, 4.69) is 41.1 Å². The molecule has 1 aliphatic heterocycles. The molecule has 1 aliphatic rings. The Morgan fingerprint density at radius 1 is 1.23 bits per heavy atom. The van der Waals surface area contributed by atoms with Crippen molar-refractivity contribution in [1.29, 1.82) is 0 Å². The van der Waals surface area contributed by atoms with Crippen LogP contribution in [0.5, 0.6) is 11.5 Å². The van der Waals surface area contributed by atoms with Gasteiger partial charge in [0.2, 0.25) is 0 Å². The fraction of sp³-hybridized carbons (Fsp3) is 0.368. The molecule has 2 nitrogen and oxygen atoms in total.